The van der Waals surface area contributed by atoms with E-state index < -0.39 is 39.6 Å². The molecule has 1 atom stereocenters. The number of nitrogens with zero attached hydrogens (tertiary/aromatic N) is 1. The number of nitrogens with one attached hydrogen (secondary N) is 1. The number of rotatable bonds is 10. The Morgan fingerprint density at radius 1 is 1.12 bits per heavy atom. The number of carbonyl (C=O) groups is 1. The van der Waals surface area contributed by atoms with Gasteiger partial charge in [0.05, 0.1) is 25.3 Å². The Labute approximate surface area is 249 Å². The van der Waals surface area contributed by atoms with Crippen LogP contribution in [0, 0.1) is 12.7 Å². The summed E-state index contributed by atoms with van der Waals surface area (Å²) < 4.78 is 88.5. The Hall–Kier alpha value is -3.61. The minimum absolute atomic E-state index is 0.0400. The number of pyridine rings is 1. The standard InChI is InChI=1S/C31H32F4N2O5S/c1-6-40-27(38)14-20-8-7-18(2)11-26(20)41-16-19-12-22(29-23(13-19)24(17-42-29)31(33,34)35)21-9-10-36-25(28(21)32)15-37-43(39)30(3,4)5/h7-13,17,37H,6,14-16H2,1-5H3. The van der Waals surface area contributed by atoms with Gasteiger partial charge < -0.3 is 18.4 Å². The number of benzene rings is 2. The second-order valence-electron chi connectivity index (χ2n) is 10.9. The van der Waals surface area contributed by atoms with Crippen molar-refractivity contribution in [1.82, 2.24) is 9.71 Å². The van der Waals surface area contributed by atoms with Gasteiger partial charge in [0.2, 0.25) is 0 Å². The third kappa shape index (κ3) is 7.67. The molecule has 2 aromatic carbocycles. The molecule has 230 valence electrons. The number of ether oxygens (including phenoxy) is 2. The van der Waals surface area contributed by atoms with E-state index in [9.17, 15) is 22.5 Å². The van der Waals surface area contributed by atoms with Crippen LogP contribution < -0.4 is 9.46 Å². The lowest BCUT2D eigenvalue weighted by atomic mass is 9.98. The van der Waals surface area contributed by atoms with E-state index in [0.717, 1.165) is 5.56 Å². The van der Waals surface area contributed by atoms with E-state index in [2.05, 4.69) is 9.71 Å². The molecule has 43 heavy (non-hydrogen) atoms. The van der Waals surface area contributed by atoms with Crippen LogP contribution in [0.15, 0.2) is 53.3 Å². The molecule has 0 aliphatic carbocycles. The normalized spacial score (nSPS) is 12.9. The maximum atomic E-state index is 15.8. The summed E-state index contributed by atoms with van der Waals surface area (Å²) in [6, 6.07) is 9.38. The van der Waals surface area contributed by atoms with Crippen molar-refractivity contribution in [3.8, 4) is 16.9 Å². The van der Waals surface area contributed by atoms with Gasteiger partial charge in [-0.2, -0.15) is 13.2 Å². The summed E-state index contributed by atoms with van der Waals surface area (Å²) in [5.74, 6) is -0.869. The van der Waals surface area contributed by atoms with E-state index in [4.69, 9.17) is 13.9 Å². The summed E-state index contributed by atoms with van der Waals surface area (Å²) >= 11 is -1.51. The predicted molar refractivity (Wildman–Crippen MR) is 155 cm³/mol. The van der Waals surface area contributed by atoms with Gasteiger partial charge in [0.1, 0.15) is 34.5 Å². The van der Waals surface area contributed by atoms with E-state index in [1.54, 1.807) is 39.8 Å². The molecule has 4 aromatic rings. The first kappa shape index (κ1) is 32.3. The Bertz CT molecular complexity index is 1610. The van der Waals surface area contributed by atoms with E-state index in [1.807, 2.05) is 13.0 Å². The summed E-state index contributed by atoms with van der Waals surface area (Å²) in [5.41, 5.74) is 0.508. The maximum Gasteiger partial charge on any atom is 0.420 e. The molecule has 7 nitrogen and oxygen atoms in total. The molecule has 0 amide bonds. The summed E-state index contributed by atoms with van der Waals surface area (Å²) in [6.07, 6.45) is -2.85. The van der Waals surface area contributed by atoms with E-state index in [0.29, 0.717) is 23.1 Å². The number of esters is 1. The molecule has 0 saturated carbocycles. The number of halogens is 4. The summed E-state index contributed by atoms with van der Waals surface area (Å²) in [7, 11) is 0. The molecule has 1 N–H and O–H groups in total. The monoisotopic (exact) mass is 620 g/mol. The van der Waals surface area contributed by atoms with E-state index >= 15 is 4.39 Å². The van der Waals surface area contributed by atoms with Crippen LogP contribution >= 0.6 is 0 Å². The van der Waals surface area contributed by atoms with Crippen LogP contribution in [0.25, 0.3) is 22.1 Å². The molecule has 2 heterocycles. The number of alkyl halides is 3. The number of furan rings is 1. The highest BCUT2D eigenvalue weighted by atomic mass is 32.2. The molecule has 0 bridgehead atoms. The van der Waals surface area contributed by atoms with Crippen LogP contribution in [0.3, 0.4) is 0 Å². The average Bonchev–Trinajstić information content (AvgIpc) is 3.36. The molecule has 1 unspecified atom stereocenters. The molecule has 0 aliphatic rings. The highest BCUT2D eigenvalue weighted by molar-refractivity contribution is 7.90. The van der Waals surface area contributed by atoms with Crippen molar-refractivity contribution in [2.24, 2.45) is 0 Å². The van der Waals surface area contributed by atoms with E-state index in [-0.39, 0.29) is 54.0 Å². The van der Waals surface area contributed by atoms with Gasteiger partial charge in [-0.25, -0.2) is 4.39 Å². The summed E-state index contributed by atoms with van der Waals surface area (Å²) in [5, 5.41) is -0.260. The van der Waals surface area contributed by atoms with Gasteiger partial charge >= 0.3 is 12.1 Å². The summed E-state index contributed by atoms with van der Waals surface area (Å²) in [4.78, 5) is 16.2. The lowest BCUT2D eigenvalue weighted by Crippen LogP contribution is -2.39. The molecular weight excluding hydrogens is 588 g/mol. The molecule has 0 aliphatic heterocycles. The lowest BCUT2D eigenvalue weighted by Gasteiger charge is -2.23. The quantitative estimate of drug-likeness (QED) is 0.114. The maximum absolute atomic E-state index is 15.8. The zero-order chi connectivity index (χ0) is 31.5. The predicted octanol–water partition coefficient (Wildman–Crippen LogP) is 7.20. The van der Waals surface area contributed by atoms with Gasteiger partial charge in [-0.1, -0.05) is 12.1 Å². The van der Waals surface area contributed by atoms with Crippen molar-refractivity contribution in [3.05, 3.63) is 82.6 Å². The first-order valence-corrected chi connectivity index (χ1v) is 14.6. The zero-order valence-electron chi connectivity index (χ0n) is 24.4. The smallest absolute Gasteiger partial charge is 0.420 e. The van der Waals surface area contributed by atoms with Crippen LogP contribution in [0.4, 0.5) is 17.6 Å². The highest BCUT2D eigenvalue weighted by Crippen LogP contribution is 2.41. The molecule has 0 fully saturated rings. The second kappa shape index (κ2) is 12.9. The first-order valence-electron chi connectivity index (χ1n) is 13.5. The fraction of sp³-hybridized carbons (Fsp3) is 0.355. The largest absolute Gasteiger partial charge is 0.598 e. The van der Waals surface area contributed by atoms with Crippen molar-refractivity contribution < 1.29 is 40.8 Å². The highest BCUT2D eigenvalue weighted by Gasteiger charge is 2.36. The fourth-order valence-electron chi connectivity index (χ4n) is 4.34. The minimum atomic E-state index is -4.73. The Kier molecular flexibility index (Phi) is 9.73. The third-order valence-electron chi connectivity index (χ3n) is 6.47. The molecule has 0 radical (unpaired) electrons. The Morgan fingerprint density at radius 2 is 1.86 bits per heavy atom. The van der Waals surface area contributed by atoms with Crippen molar-refractivity contribution in [1.29, 1.82) is 0 Å². The van der Waals surface area contributed by atoms with Crippen molar-refractivity contribution in [3.63, 3.8) is 0 Å². The lowest BCUT2D eigenvalue weighted by molar-refractivity contribution is -0.142. The van der Waals surface area contributed by atoms with Crippen LogP contribution in [0.2, 0.25) is 0 Å². The average molecular weight is 621 g/mol. The van der Waals surface area contributed by atoms with E-state index in [1.165, 1.54) is 24.4 Å². The second-order valence-corrected chi connectivity index (χ2v) is 12.9. The molecule has 0 saturated heterocycles. The summed E-state index contributed by atoms with van der Waals surface area (Å²) in [6.45, 7) is 8.66. The topological polar surface area (TPSA) is 96.7 Å². The molecule has 0 spiro atoms. The van der Waals surface area contributed by atoms with Gasteiger partial charge in [0.15, 0.2) is 5.82 Å². The Morgan fingerprint density at radius 3 is 2.53 bits per heavy atom. The number of hydrogen-bond donors (Lipinski definition) is 1. The molecule has 2 aromatic heterocycles. The van der Waals surface area contributed by atoms with Gasteiger partial charge in [-0.3, -0.25) is 9.78 Å². The van der Waals surface area contributed by atoms with Gasteiger partial charge in [0.25, 0.3) is 0 Å². The third-order valence-corrected chi connectivity index (χ3v) is 7.99. The van der Waals surface area contributed by atoms with Crippen molar-refractivity contribution in [2.45, 2.75) is 65.1 Å². The van der Waals surface area contributed by atoms with Crippen molar-refractivity contribution >= 4 is 28.3 Å². The van der Waals surface area contributed by atoms with Crippen LogP contribution in [0.1, 0.15) is 55.6 Å². The van der Waals surface area contributed by atoms with Crippen LogP contribution in [-0.2, 0) is 46.6 Å². The Balaban J connectivity index is 1.74. The van der Waals surface area contributed by atoms with Crippen molar-refractivity contribution in [2.75, 3.05) is 6.61 Å². The number of aryl methyl sites for hydroxylation is 1. The van der Waals surface area contributed by atoms with Gasteiger partial charge in [-0.15, -0.1) is 4.72 Å². The number of carbonyl (C=O) groups excluding carboxylic acids is 1. The minimum Gasteiger partial charge on any atom is -0.598 e. The SMILES string of the molecule is CCOC(=O)Cc1ccc(C)cc1OCc1cc(-c2ccnc(CN[S+]([O-])C(C)(C)C)c2F)c2occ(C(F)(F)F)c2c1. The number of aromatic nitrogens is 1. The van der Waals surface area contributed by atoms with Crippen LogP contribution in [0.5, 0.6) is 5.75 Å². The molecular formula is C31H32F4N2O5S. The first-order chi connectivity index (χ1) is 20.2. The number of hydrogen-bond acceptors (Lipinski definition) is 7. The molecule has 4 rings (SSSR count). The number of fused-ring (bicyclic) bond motifs is 1. The van der Waals surface area contributed by atoms with Gasteiger partial charge in [-0.05, 0) is 70.0 Å². The van der Waals surface area contributed by atoms with Crippen LogP contribution in [-0.4, -0.2) is 26.9 Å². The zero-order valence-corrected chi connectivity index (χ0v) is 25.2. The molecule has 12 heteroatoms. The fourth-order valence-corrected chi connectivity index (χ4v) is 5.04. The van der Waals surface area contributed by atoms with Gasteiger partial charge in [0, 0.05) is 39.6 Å².